The summed E-state index contributed by atoms with van der Waals surface area (Å²) in [5.41, 5.74) is 2.02. The van der Waals surface area contributed by atoms with Crippen LogP contribution in [0.5, 0.6) is 0 Å². The van der Waals surface area contributed by atoms with Crippen molar-refractivity contribution >= 4 is 23.2 Å². The first-order valence-electron chi connectivity index (χ1n) is 9.67. The molecule has 2 heterocycles. The minimum absolute atomic E-state index is 0.0455. The molecular formula is C24H20N2O4S. The number of nitrogens with zero attached hydrogens (tertiary/aromatic N) is 2. The second-order valence-corrected chi connectivity index (χ2v) is 7.88. The molecule has 0 saturated heterocycles. The number of hydrogen-bond acceptors (Lipinski definition) is 6. The number of hydrogen-bond donors (Lipinski definition) is 0. The zero-order chi connectivity index (χ0) is 21.6. The largest absolute Gasteiger partial charge is 0.455 e. The van der Waals surface area contributed by atoms with E-state index >= 15 is 0 Å². The molecule has 0 radical (unpaired) electrons. The van der Waals surface area contributed by atoms with Crippen molar-refractivity contribution in [2.24, 2.45) is 0 Å². The molecule has 1 amide bonds. The summed E-state index contributed by atoms with van der Waals surface area (Å²) in [6.07, 6.45) is 0. The topological polar surface area (TPSA) is 72.6 Å². The molecule has 0 aliphatic carbocycles. The van der Waals surface area contributed by atoms with E-state index < -0.39 is 5.97 Å². The van der Waals surface area contributed by atoms with E-state index in [9.17, 15) is 9.59 Å². The van der Waals surface area contributed by atoms with Gasteiger partial charge in [-0.3, -0.25) is 4.79 Å². The van der Waals surface area contributed by atoms with E-state index in [1.807, 2.05) is 47.8 Å². The van der Waals surface area contributed by atoms with Crippen molar-refractivity contribution in [3.63, 3.8) is 0 Å². The summed E-state index contributed by atoms with van der Waals surface area (Å²) >= 11 is 1.54. The fourth-order valence-electron chi connectivity index (χ4n) is 3.11. The second kappa shape index (κ2) is 9.40. The van der Waals surface area contributed by atoms with Crippen LogP contribution in [0.3, 0.4) is 0 Å². The minimum atomic E-state index is -0.585. The van der Waals surface area contributed by atoms with E-state index in [1.165, 1.54) is 11.3 Å². The molecule has 0 bridgehead atoms. The quantitative estimate of drug-likeness (QED) is 0.383. The summed E-state index contributed by atoms with van der Waals surface area (Å²) in [5, 5.41) is 5.89. The molecule has 4 rings (SSSR count). The first-order valence-corrected chi connectivity index (χ1v) is 10.5. The molecule has 2 aromatic heterocycles. The van der Waals surface area contributed by atoms with Crippen LogP contribution in [0.4, 0.5) is 0 Å². The second-order valence-electron chi connectivity index (χ2n) is 6.93. The molecule has 0 unspecified atom stereocenters. The van der Waals surface area contributed by atoms with Crippen molar-refractivity contribution in [3.8, 4) is 10.6 Å². The van der Waals surface area contributed by atoms with Crippen LogP contribution >= 0.6 is 11.3 Å². The van der Waals surface area contributed by atoms with Crippen molar-refractivity contribution in [1.29, 1.82) is 0 Å². The third kappa shape index (κ3) is 4.90. The fourth-order valence-corrected chi connectivity index (χ4v) is 3.79. The van der Waals surface area contributed by atoms with Gasteiger partial charge in [-0.25, -0.2) is 4.79 Å². The summed E-state index contributed by atoms with van der Waals surface area (Å²) in [4.78, 5) is 28.2. The maximum Gasteiger partial charge on any atom is 0.339 e. The lowest BCUT2D eigenvalue weighted by molar-refractivity contribution is 0.0459. The zero-order valence-electron chi connectivity index (χ0n) is 16.9. The highest BCUT2D eigenvalue weighted by Gasteiger charge is 2.21. The Morgan fingerprint density at radius 3 is 2.48 bits per heavy atom. The number of carbonyl (C=O) groups excluding carboxylic acids is 2. The van der Waals surface area contributed by atoms with Crippen molar-refractivity contribution in [2.75, 3.05) is 7.05 Å². The lowest BCUT2D eigenvalue weighted by atomic mass is 10.1. The highest BCUT2D eigenvalue weighted by Crippen LogP contribution is 2.25. The van der Waals surface area contributed by atoms with Gasteiger partial charge in [0.25, 0.3) is 5.91 Å². The Morgan fingerprint density at radius 2 is 1.74 bits per heavy atom. The van der Waals surface area contributed by atoms with Gasteiger partial charge in [-0.1, -0.05) is 53.7 Å². The number of aromatic nitrogens is 1. The van der Waals surface area contributed by atoms with Crippen LogP contribution in [0.1, 0.15) is 32.0 Å². The number of carbonyl (C=O) groups is 2. The summed E-state index contributed by atoms with van der Waals surface area (Å²) in [6, 6.07) is 21.9. The van der Waals surface area contributed by atoms with Crippen LogP contribution in [0, 0.1) is 0 Å². The van der Waals surface area contributed by atoms with Crippen LogP contribution in [0.25, 0.3) is 10.6 Å². The maximum atomic E-state index is 13.0. The Hall–Kier alpha value is -3.71. The normalized spacial score (nSPS) is 10.6. The molecule has 6 nitrogen and oxygen atoms in total. The third-order valence-corrected chi connectivity index (χ3v) is 5.55. The average molecular weight is 433 g/mol. The molecule has 0 fully saturated rings. The van der Waals surface area contributed by atoms with E-state index in [0.29, 0.717) is 23.6 Å². The predicted molar refractivity (Wildman–Crippen MR) is 118 cm³/mol. The van der Waals surface area contributed by atoms with Crippen LogP contribution in [-0.2, 0) is 17.9 Å². The molecule has 156 valence electrons. The van der Waals surface area contributed by atoms with Gasteiger partial charge in [-0.2, -0.15) is 0 Å². The summed E-state index contributed by atoms with van der Waals surface area (Å²) in [5.74, 6) is -0.213. The third-order valence-electron chi connectivity index (χ3n) is 4.66. The lowest BCUT2D eigenvalue weighted by Gasteiger charge is -2.19. The highest BCUT2D eigenvalue weighted by atomic mass is 32.1. The molecule has 0 N–H and O–H groups in total. The number of benzene rings is 2. The number of amides is 1. The zero-order valence-corrected chi connectivity index (χ0v) is 17.7. The molecule has 0 spiro atoms. The Bertz CT molecular complexity index is 1170. The Balaban J connectivity index is 1.43. The maximum absolute atomic E-state index is 13.0. The first kappa shape index (κ1) is 20.6. The molecule has 0 aliphatic rings. The summed E-state index contributed by atoms with van der Waals surface area (Å²) < 4.78 is 10.7. The molecule has 4 aromatic rings. The van der Waals surface area contributed by atoms with E-state index in [-0.39, 0.29) is 18.1 Å². The van der Waals surface area contributed by atoms with E-state index in [0.717, 1.165) is 10.4 Å². The van der Waals surface area contributed by atoms with Crippen LogP contribution in [0.15, 0.2) is 82.7 Å². The van der Waals surface area contributed by atoms with Gasteiger partial charge in [0.15, 0.2) is 5.76 Å². The van der Waals surface area contributed by atoms with Gasteiger partial charge in [0, 0.05) is 19.7 Å². The average Bonchev–Trinajstić information content (AvgIpc) is 3.49. The van der Waals surface area contributed by atoms with Gasteiger partial charge < -0.3 is 14.2 Å². The number of esters is 1. The molecule has 0 aliphatic heterocycles. The van der Waals surface area contributed by atoms with Crippen LogP contribution in [0.2, 0.25) is 0 Å². The van der Waals surface area contributed by atoms with E-state index in [1.54, 1.807) is 42.3 Å². The number of rotatable bonds is 7. The molecule has 2 aromatic carbocycles. The summed E-state index contributed by atoms with van der Waals surface area (Å²) in [7, 11) is 1.71. The monoisotopic (exact) mass is 432 g/mol. The van der Waals surface area contributed by atoms with E-state index in [2.05, 4.69) is 5.16 Å². The van der Waals surface area contributed by atoms with Crippen molar-refractivity contribution < 1.29 is 18.8 Å². The molecule has 0 saturated carbocycles. The standard InChI is InChI=1S/C24H20N2O4S/c1-26(15-17-8-3-2-4-9-17)23(27)19-10-5-6-11-20(19)24(28)29-16-18-14-21(30-25-18)22-12-7-13-31-22/h2-14H,15-16H2,1H3. The molecule has 7 heteroatoms. The number of thiophene rings is 1. The van der Waals surface area contributed by atoms with Gasteiger partial charge in [-0.05, 0) is 29.1 Å². The van der Waals surface area contributed by atoms with Gasteiger partial charge in [0.1, 0.15) is 12.3 Å². The highest BCUT2D eigenvalue weighted by molar-refractivity contribution is 7.13. The van der Waals surface area contributed by atoms with Gasteiger partial charge in [-0.15, -0.1) is 11.3 Å². The van der Waals surface area contributed by atoms with Gasteiger partial charge in [0.2, 0.25) is 0 Å². The molecule has 31 heavy (non-hydrogen) atoms. The predicted octanol–water partition coefficient (Wildman–Crippen LogP) is 5.03. The smallest absolute Gasteiger partial charge is 0.339 e. The van der Waals surface area contributed by atoms with Crippen LogP contribution in [-0.4, -0.2) is 29.0 Å². The van der Waals surface area contributed by atoms with Crippen molar-refractivity contribution in [1.82, 2.24) is 10.1 Å². The SMILES string of the molecule is CN(Cc1ccccc1)C(=O)c1ccccc1C(=O)OCc1cc(-c2cccs2)on1. The molecular weight excluding hydrogens is 412 g/mol. The van der Waals surface area contributed by atoms with E-state index in [4.69, 9.17) is 9.26 Å². The van der Waals surface area contributed by atoms with Crippen LogP contribution < -0.4 is 0 Å². The lowest BCUT2D eigenvalue weighted by Crippen LogP contribution is -2.28. The van der Waals surface area contributed by atoms with Gasteiger partial charge in [0.05, 0.1) is 16.0 Å². The Morgan fingerprint density at radius 1 is 1.00 bits per heavy atom. The fraction of sp³-hybridized carbons (Fsp3) is 0.125. The van der Waals surface area contributed by atoms with Crippen molar-refractivity contribution in [3.05, 3.63) is 101 Å². The van der Waals surface area contributed by atoms with Gasteiger partial charge >= 0.3 is 5.97 Å². The first-order chi connectivity index (χ1) is 15.1. The Labute approximate surface area is 183 Å². The minimum Gasteiger partial charge on any atom is -0.455 e. The van der Waals surface area contributed by atoms with Crippen molar-refractivity contribution in [2.45, 2.75) is 13.2 Å². The number of ether oxygens (including phenoxy) is 1. The molecule has 0 atom stereocenters. The Kier molecular flexibility index (Phi) is 6.24. The summed E-state index contributed by atoms with van der Waals surface area (Å²) in [6.45, 7) is 0.392.